The number of halogens is 1. The van der Waals surface area contributed by atoms with Crippen LogP contribution in [0.5, 0.6) is 0 Å². The molecule has 6 heteroatoms. The monoisotopic (exact) mass is 459 g/mol. The van der Waals surface area contributed by atoms with Gasteiger partial charge in [-0.3, -0.25) is 4.99 Å². The predicted molar refractivity (Wildman–Crippen MR) is 119 cm³/mol. The molecule has 1 aromatic rings. The van der Waals surface area contributed by atoms with Gasteiger partial charge in [-0.05, 0) is 38.6 Å². The molecule has 2 rings (SSSR count). The van der Waals surface area contributed by atoms with E-state index in [0.717, 1.165) is 38.6 Å². The number of aliphatic imine (C=N–C) groups is 1. The van der Waals surface area contributed by atoms with Crippen LogP contribution < -0.4 is 15.5 Å². The highest BCUT2D eigenvalue weighted by molar-refractivity contribution is 14.0. The SMILES string of the molecule is CCCCN(C)CCNC(=NC)NC1CCN(c2ccccc2)C1.I. The van der Waals surface area contributed by atoms with Gasteiger partial charge in [-0.1, -0.05) is 31.5 Å². The van der Waals surface area contributed by atoms with Gasteiger partial charge in [-0.2, -0.15) is 0 Å². The van der Waals surface area contributed by atoms with Crippen LogP contribution in [0.3, 0.4) is 0 Å². The number of unbranched alkanes of at least 4 members (excludes halogenated alkanes) is 1. The summed E-state index contributed by atoms with van der Waals surface area (Å²) in [4.78, 5) is 9.17. The Morgan fingerprint density at radius 3 is 2.72 bits per heavy atom. The highest BCUT2D eigenvalue weighted by Gasteiger charge is 2.23. The van der Waals surface area contributed by atoms with Crippen molar-refractivity contribution in [1.82, 2.24) is 15.5 Å². The lowest BCUT2D eigenvalue weighted by molar-refractivity contribution is 0.332. The van der Waals surface area contributed by atoms with E-state index in [1.54, 1.807) is 0 Å². The Hall–Kier alpha value is -1.02. The van der Waals surface area contributed by atoms with Crippen LogP contribution in [-0.4, -0.2) is 63.7 Å². The van der Waals surface area contributed by atoms with Crippen molar-refractivity contribution >= 4 is 35.6 Å². The topological polar surface area (TPSA) is 42.9 Å². The number of hydrogen-bond donors (Lipinski definition) is 2. The van der Waals surface area contributed by atoms with Crippen molar-refractivity contribution in [3.63, 3.8) is 0 Å². The van der Waals surface area contributed by atoms with Crippen molar-refractivity contribution in [2.45, 2.75) is 32.2 Å². The fraction of sp³-hybridized carbons (Fsp3) is 0.632. The van der Waals surface area contributed by atoms with Crippen molar-refractivity contribution in [2.75, 3.05) is 51.7 Å². The second kappa shape index (κ2) is 12.4. The lowest BCUT2D eigenvalue weighted by Crippen LogP contribution is -2.46. The van der Waals surface area contributed by atoms with Gasteiger partial charge in [0.05, 0.1) is 0 Å². The average Bonchev–Trinajstić information content (AvgIpc) is 3.08. The number of guanidine groups is 1. The van der Waals surface area contributed by atoms with Gasteiger partial charge in [0.1, 0.15) is 0 Å². The van der Waals surface area contributed by atoms with Crippen molar-refractivity contribution in [1.29, 1.82) is 0 Å². The van der Waals surface area contributed by atoms with Crippen LogP contribution in [0.1, 0.15) is 26.2 Å². The summed E-state index contributed by atoms with van der Waals surface area (Å²) >= 11 is 0. The van der Waals surface area contributed by atoms with Crippen molar-refractivity contribution in [3.05, 3.63) is 30.3 Å². The third kappa shape index (κ3) is 7.81. The van der Waals surface area contributed by atoms with Crippen molar-refractivity contribution < 1.29 is 0 Å². The molecular weight excluding hydrogens is 425 g/mol. The van der Waals surface area contributed by atoms with E-state index in [2.05, 4.69) is 69.7 Å². The Morgan fingerprint density at radius 1 is 1.28 bits per heavy atom. The molecular formula is C19H34IN5. The molecule has 1 atom stereocenters. The highest BCUT2D eigenvalue weighted by atomic mass is 127. The summed E-state index contributed by atoms with van der Waals surface area (Å²) in [7, 11) is 4.03. The van der Waals surface area contributed by atoms with Crippen LogP contribution in [-0.2, 0) is 0 Å². The summed E-state index contributed by atoms with van der Waals surface area (Å²) in [5.74, 6) is 0.916. The molecule has 0 radical (unpaired) electrons. The summed E-state index contributed by atoms with van der Waals surface area (Å²) in [6.07, 6.45) is 3.66. The summed E-state index contributed by atoms with van der Waals surface area (Å²) in [5, 5.41) is 7.00. The Kier molecular flexibility index (Phi) is 10.9. The zero-order valence-corrected chi connectivity index (χ0v) is 18.2. The molecule has 0 amide bonds. The molecule has 25 heavy (non-hydrogen) atoms. The minimum atomic E-state index is 0. The second-order valence-corrected chi connectivity index (χ2v) is 6.57. The van der Waals surface area contributed by atoms with Gasteiger partial charge in [-0.25, -0.2) is 0 Å². The highest BCUT2D eigenvalue weighted by Crippen LogP contribution is 2.19. The normalized spacial score (nSPS) is 17.5. The molecule has 0 bridgehead atoms. The first-order valence-corrected chi connectivity index (χ1v) is 9.18. The van der Waals surface area contributed by atoms with E-state index in [1.807, 2.05) is 7.05 Å². The molecule has 0 aromatic heterocycles. The summed E-state index contributed by atoms with van der Waals surface area (Å²) in [6, 6.07) is 11.1. The van der Waals surface area contributed by atoms with Gasteiger partial charge in [0.25, 0.3) is 0 Å². The molecule has 2 N–H and O–H groups in total. The third-order valence-corrected chi connectivity index (χ3v) is 4.55. The van der Waals surface area contributed by atoms with Crippen LogP contribution >= 0.6 is 24.0 Å². The van der Waals surface area contributed by atoms with Crippen molar-refractivity contribution in [2.24, 2.45) is 4.99 Å². The quantitative estimate of drug-likeness (QED) is 0.357. The molecule has 1 saturated heterocycles. The maximum Gasteiger partial charge on any atom is 0.191 e. The number of hydrogen-bond acceptors (Lipinski definition) is 3. The molecule has 0 spiro atoms. The minimum Gasteiger partial charge on any atom is -0.369 e. The Morgan fingerprint density at radius 2 is 2.04 bits per heavy atom. The first kappa shape index (κ1) is 22.0. The maximum absolute atomic E-state index is 4.37. The smallest absolute Gasteiger partial charge is 0.191 e. The summed E-state index contributed by atoms with van der Waals surface area (Å²) < 4.78 is 0. The number of para-hydroxylation sites is 1. The Balaban J connectivity index is 0.00000312. The summed E-state index contributed by atoms with van der Waals surface area (Å²) in [5.41, 5.74) is 1.31. The van der Waals surface area contributed by atoms with Gasteiger partial charge in [0.15, 0.2) is 5.96 Å². The first-order valence-electron chi connectivity index (χ1n) is 9.18. The van der Waals surface area contributed by atoms with Gasteiger partial charge < -0.3 is 20.4 Å². The molecule has 5 nitrogen and oxygen atoms in total. The zero-order valence-electron chi connectivity index (χ0n) is 15.9. The molecule has 0 saturated carbocycles. The molecule has 0 aliphatic carbocycles. The van der Waals surface area contributed by atoms with E-state index >= 15 is 0 Å². The van der Waals surface area contributed by atoms with E-state index < -0.39 is 0 Å². The maximum atomic E-state index is 4.37. The molecule has 1 aliphatic heterocycles. The fourth-order valence-corrected chi connectivity index (χ4v) is 3.04. The predicted octanol–water partition coefficient (Wildman–Crippen LogP) is 2.78. The number of nitrogens with zero attached hydrogens (tertiary/aromatic N) is 3. The number of rotatable bonds is 8. The first-order chi connectivity index (χ1) is 11.7. The summed E-state index contributed by atoms with van der Waals surface area (Å²) in [6.45, 7) is 7.49. The lowest BCUT2D eigenvalue weighted by atomic mass is 10.3. The van der Waals surface area contributed by atoms with E-state index in [1.165, 1.54) is 25.1 Å². The van der Waals surface area contributed by atoms with Gasteiger partial charge in [-0.15, -0.1) is 24.0 Å². The standard InChI is InChI=1S/C19H33N5.HI/c1-4-5-13-23(3)15-12-21-19(20-2)22-17-11-14-24(16-17)18-9-7-6-8-10-18;/h6-10,17H,4-5,11-16H2,1-3H3,(H2,20,21,22);1H. The number of nitrogens with one attached hydrogen (secondary N) is 2. The van der Waals surface area contributed by atoms with Crippen LogP contribution in [0.2, 0.25) is 0 Å². The number of likely N-dealkylation sites (N-methyl/N-ethyl adjacent to an activating group) is 1. The fourth-order valence-electron chi connectivity index (χ4n) is 3.04. The molecule has 1 heterocycles. The van der Waals surface area contributed by atoms with E-state index in [-0.39, 0.29) is 24.0 Å². The van der Waals surface area contributed by atoms with Crippen LogP contribution in [0, 0.1) is 0 Å². The minimum absolute atomic E-state index is 0. The van der Waals surface area contributed by atoms with Crippen LogP contribution in [0.4, 0.5) is 5.69 Å². The van der Waals surface area contributed by atoms with Crippen LogP contribution in [0.15, 0.2) is 35.3 Å². The lowest BCUT2D eigenvalue weighted by Gasteiger charge is -2.21. The van der Waals surface area contributed by atoms with Gasteiger partial charge in [0.2, 0.25) is 0 Å². The third-order valence-electron chi connectivity index (χ3n) is 4.55. The molecule has 1 aliphatic rings. The van der Waals surface area contributed by atoms with Crippen LogP contribution in [0.25, 0.3) is 0 Å². The Labute approximate surface area is 170 Å². The van der Waals surface area contributed by atoms with E-state index in [9.17, 15) is 0 Å². The average molecular weight is 459 g/mol. The zero-order chi connectivity index (χ0) is 17.2. The second-order valence-electron chi connectivity index (χ2n) is 6.57. The Bertz CT molecular complexity index is 494. The molecule has 1 aromatic carbocycles. The number of anilines is 1. The van der Waals surface area contributed by atoms with E-state index in [4.69, 9.17) is 0 Å². The van der Waals surface area contributed by atoms with E-state index in [0.29, 0.717) is 6.04 Å². The molecule has 1 unspecified atom stereocenters. The van der Waals surface area contributed by atoms with Gasteiger partial charge in [0, 0.05) is 45.0 Å². The van der Waals surface area contributed by atoms with Crippen molar-refractivity contribution in [3.8, 4) is 0 Å². The number of benzene rings is 1. The largest absolute Gasteiger partial charge is 0.369 e. The van der Waals surface area contributed by atoms with Gasteiger partial charge >= 0.3 is 0 Å². The molecule has 142 valence electrons. The molecule has 1 fully saturated rings.